The van der Waals surface area contributed by atoms with Gasteiger partial charge in [0.15, 0.2) is 0 Å². The number of aryl methyl sites for hydroxylation is 1. The zero-order valence-corrected chi connectivity index (χ0v) is 11.4. The number of aromatic amines is 1. The number of nitriles is 1. The Morgan fingerprint density at radius 1 is 1.45 bits per heavy atom. The molecule has 3 rings (SSSR count). The number of nitrogens with one attached hydrogen (secondary N) is 1. The van der Waals surface area contributed by atoms with Crippen molar-refractivity contribution in [3.05, 3.63) is 58.5 Å². The molecule has 0 amide bonds. The Hall–Kier alpha value is -2.65. The van der Waals surface area contributed by atoms with Crippen LogP contribution in [0.25, 0.3) is 15.4 Å². The van der Waals surface area contributed by atoms with Gasteiger partial charge in [0.25, 0.3) is 5.56 Å². The van der Waals surface area contributed by atoms with Crippen LogP contribution < -0.4 is 5.56 Å². The lowest BCUT2D eigenvalue weighted by Gasteiger charge is -2.03. The van der Waals surface area contributed by atoms with Gasteiger partial charge in [-0.25, -0.2) is 4.98 Å². The number of nitrogens with zero attached hydrogens (tertiary/aromatic N) is 3. The standard InChI is InChI=1S/C14H10N4OS/c1-9-11(6-10(7-15)14(19)17-9)12-2-3-13(20-12)18-5-4-16-8-18/h2-6,8H,1H3,(H,17,19). The molecule has 6 heteroatoms. The van der Waals surface area contributed by atoms with Crippen molar-refractivity contribution in [2.24, 2.45) is 0 Å². The van der Waals surface area contributed by atoms with Crippen LogP contribution in [0, 0.1) is 18.3 Å². The molecule has 0 aliphatic carbocycles. The molecule has 0 radical (unpaired) electrons. The van der Waals surface area contributed by atoms with Crippen LogP contribution in [0.15, 0.2) is 41.7 Å². The summed E-state index contributed by atoms with van der Waals surface area (Å²) < 4.78 is 1.92. The van der Waals surface area contributed by atoms with E-state index in [1.165, 1.54) is 0 Å². The van der Waals surface area contributed by atoms with Crippen LogP contribution in [0.2, 0.25) is 0 Å². The highest BCUT2D eigenvalue weighted by molar-refractivity contribution is 7.17. The molecule has 3 aromatic heterocycles. The van der Waals surface area contributed by atoms with Gasteiger partial charge in [-0.15, -0.1) is 11.3 Å². The van der Waals surface area contributed by atoms with Crippen LogP contribution in [0.5, 0.6) is 0 Å². The first-order valence-electron chi connectivity index (χ1n) is 5.91. The minimum atomic E-state index is -0.347. The Balaban J connectivity index is 2.11. The van der Waals surface area contributed by atoms with E-state index in [-0.39, 0.29) is 11.1 Å². The van der Waals surface area contributed by atoms with Crippen molar-refractivity contribution in [1.29, 1.82) is 5.26 Å². The third-order valence-electron chi connectivity index (χ3n) is 2.97. The first-order chi connectivity index (χ1) is 9.69. The second-order valence-electron chi connectivity index (χ2n) is 4.27. The molecule has 0 saturated carbocycles. The fraction of sp³-hybridized carbons (Fsp3) is 0.0714. The summed E-state index contributed by atoms with van der Waals surface area (Å²) in [6.45, 7) is 1.83. The van der Waals surface area contributed by atoms with Gasteiger partial charge < -0.3 is 4.98 Å². The second-order valence-corrected chi connectivity index (χ2v) is 5.33. The van der Waals surface area contributed by atoms with Crippen LogP contribution >= 0.6 is 11.3 Å². The highest BCUT2D eigenvalue weighted by Gasteiger charge is 2.10. The molecule has 1 N–H and O–H groups in total. The van der Waals surface area contributed by atoms with E-state index in [1.807, 2.05) is 35.9 Å². The van der Waals surface area contributed by atoms with Gasteiger partial charge in [-0.1, -0.05) is 0 Å². The minimum absolute atomic E-state index is 0.128. The topological polar surface area (TPSA) is 74.5 Å². The first-order valence-corrected chi connectivity index (χ1v) is 6.73. The van der Waals surface area contributed by atoms with E-state index in [9.17, 15) is 4.79 Å². The maximum absolute atomic E-state index is 11.6. The van der Waals surface area contributed by atoms with E-state index < -0.39 is 0 Å². The smallest absolute Gasteiger partial charge is 0.266 e. The van der Waals surface area contributed by atoms with Crippen LogP contribution in [0.3, 0.4) is 0 Å². The monoisotopic (exact) mass is 282 g/mol. The molecule has 0 spiro atoms. The SMILES string of the molecule is Cc1[nH]c(=O)c(C#N)cc1-c1ccc(-n2ccnc2)s1. The second kappa shape index (κ2) is 4.79. The molecule has 0 aromatic carbocycles. The highest BCUT2D eigenvalue weighted by Crippen LogP contribution is 2.31. The number of aromatic nitrogens is 3. The van der Waals surface area contributed by atoms with Crippen molar-refractivity contribution < 1.29 is 0 Å². The van der Waals surface area contributed by atoms with Crippen LogP contribution in [-0.4, -0.2) is 14.5 Å². The van der Waals surface area contributed by atoms with E-state index in [0.29, 0.717) is 0 Å². The zero-order chi connectivity index (χ0) is 14.1. The molecule has 0 bridgehead atoms. The van der Waals surface area contributed by atoms with Crippen LogP contribution in [0.4, 0.5) is 0 Å². The van der Waals surface area contributed by atoms with E-state index in [4.69, 9.17) is 5.26 Å². The lowest BCUT2D eigenvalue weighted by atomic mass is 10.1. The summed E-state index contributed by atoms with van der Waals surface area (Å²) in [6.07, 6.45) is 5.32. The fourth-order valence-corrected chi connectivity index (χ4v) is 3.00. The molecule has 3 heterocycles. The lowest BCUT2D eigenvalue weighted by Crippen LogP contribution is -2.11. The van der Waals surface area contributed by atoms with E-state index in [2.05, 4.69) is 9.97 Å². The molecule has 0 unspecified atom stereocenters. The van der Waals surface area contributed by atoms with Crippen LogP contribution in [-0.2, 0) is 0 Å². The van der Waals surface area contributed by atoms with Gasteiger partial charge in [-0.3, -0.25) is 9.36 Å². The zero-order valence-electron chi connectivity index (χ0n) is 10.6. The van der Waals surface area contributed by atoms with Crippen molar-refractivity contribution in [3.8, 4) is 21.5 Å². The molecule has 0 aliphatic heterocycles. The average molecular weight is 282 g/mol. The van der Waals surface area contributed by atoms with E-state index in [0.717, 1.165) is 21.1 Å². The molecule has 5 nitrogen and oxygen atoms in total. The third-order valence-corrected chi connectivity index (χ3v) is 4.11. The number of pyridine rings is 1. The van der Waals surface area contributed by atoms with Gasteiger partial charge in [0.05, 0.1) is 6.33 Å². The Bertz CT molecular complexity index is 852. The molecule has 98 valence electrons. The summed E-state index contributed by atoms with van der Waals surface area (Å²) in [6, 6.07) is 7.51. The first kappa shape index (κ1) is 12.4. The normalized spacial score (nSPS) is 10.4. The molecule has 0 aliphatic rings. The Labute approximate surface area is 118 Å². The van der Waals surface area contributed by atoms with Gasteiger partial charge in [-0.2, -0.15) is 5.26 Å². The maximum Gasteiger partial charge on any atom is 0.266 e. The summed E-state index contributed by atoms with van der Waals surface area (Å²) in [5, 5.41) is 9.99. The quantitative estimate of drug-likeness (QED) is 0.784. The Kier molecular flexibility index (Phi) is 2.97. The summed E-state index contributed by atoms with van der Waals surface area (Å²) in [5.74, 6) is 0. The van der Waals surface area contributed by atoms with Gasteiger partial charge in [0.2, 0.25) is 0 Å². The fourth-order valence-electron chi connectivity index (χ4n) is 1.96. The van der Waals surface area contributed by atoms with Crippen molar-refractivity contribution in [3.63, 3.8) is 0 Å². The predicted octanol–water partition coefficient (Wildman–Crippen LogP) is 2.47. The third kappa shape index (κ3) is 2.04. The largest absolute Gasteiger partial charge is 0.325 e. The minimum Gasteiger partial charge on any atom is -0.325 e. The summed E-state index contributed by atoms with van der Waals surface area (Å²) >= 11 is 1.57. The molecule has 3 aromatic rings. The Morgan fingerprint density at radius 2 is 2.30 bits per heavy atom. The van der Waals surface area contributed by atoms with Crippen molar-refractivity contribution in [2.45, 2.75) is 6.92 Å². The molecule has 20 heavy (non-hydrogen) atoms. The van der Waals surface area contributed by atoms with E-state index >= 15 is 0 Å². The molecular formula is C14H10N4OS. The summed E-state index contributed by atoms with van der Waals surface area (Å²) in [4.78, 5) is 19.3. The number of thiophene rings is 1. The number of H-pyrrole nitrogens is 1. The van der Waals surface area contributed by atoms with Crippen molar-refractivity contribution in [1.82, 2.24) is 14.5 Å². The average Bonchev–Trinajstić information content (AvgIpc) is 3.09. The van der Waals surface area contributed by atoms with Crippen molar-refractivity contribution >= 4 is 11.3 Å². The highest BCUT2D eigenvalue weighted by atomic mass is 32.1. The summed E-state index contributed by atoms with van der Waals surface area (Å²) in [7, 11) is 0. The molecule has 0 fully saturated rings. The summed E-state index contributed by atoms with van der Waals surface area (Å²) in [5.41, 5.74) is 1.41. The Morgan fingerprint density at radius 3 is 3.00 bits per heavy atom. The number of hydrogen-bond acceptors (Lipinski definition) is 4. The maximum atomic E-state index is 11.6. The van der Waals surface area contributed by atoms with Crippen LogP contribution in [0.1, 0.15) is 11.3 Å². The molecular weight excluding hydrogens is 272 g/mol. The van der Waals surface area contributed by atoms with Crippen molar-refractivity contribution in [2.75, 3.05) is 0 Å². The molecule has 0 atom stereocenters. The van der Waals surface area contributed by atoms with Gasteiger partial charge >= 0.3 is 0 Å². The number of hydrogen-bond donors (Lipinski definition) is 1. The number of imidazole rings is 1. The molecule has 0 saturated heterocycles. The number of rotatable bonds is 2. The van der Waals surface area contributed by atoms with E-state index in [1.54, 1.807) is 29.9 Å². The van der Waals surface area contributed by atoms with Gasteiger partial charge in [0, 0.05) is 28.5 Å². The lowest BCUT2D eigenvalue weighted by molar-refractivity contribution is 1.09. The van der Waals surface area contributed by atoms with Gasteiger partial charge in [-0.05, 0) is 25.1 Å². The van der Waals surface area contributed by atoms with Gasteiger partial charge in [0.1, 0.15) is 16.6 Å². The predicted molar refractivity (Wildman–Crippen MR) is 76.9 cm³/mol.